The Morgan fingerprint density at radius 2 is 1.83 bits per heavy atom. The summed E-state index contributed by atoms with van der Waals surface area (Å²) in [7, 11) is 0. The highest BCUT2D eigenvalue weighted by molar-refractivity contribution is 5.89. The third-order valence-corrected chi connectivity index (χ3v) is 1.80. The van der Waals surface area contributed by atoms with Crippen LogP contribution in [-0.4, -0.2) is 16.6 Å². The van der Waals surface area contributed by atoms with E-state index in [9.17, 15) is 18.0 Å². The molecule has 0 atom stereocenters. The van der Waals surface area contributed by atoms with Gasteiger partial charge in [0.25, 0.3) is 0 Å². The van der Waals surface area contributed by atoms with E-state index in [1.54, 1.807) is 20.8 Å². The molecular weight excluding hydrogens is 247 g/mol. The summed E-state index contributed by atoms with van der Waals surface area (Å²) in [6.07, 6.45) is -3.52. The number of urea groups is 1. The molecule has 0 fully saturated rings. The molecule has 1 aromatic rings. The Kier molecular flexibility index (Phi) is 3.83. The zero-order chi connectivity index (χ0) is 14.0. The summed E-state index contributed by atoms with van der Waals surface area (Å²) in [5.41, 5.74) is -1.22. The van der Waals surface area contributed by atoms with Crippen LogP contribution in [0.2, 0.25) is 0 Å². The number of halogens is 3. The summed E-state index contributed by atoms with van der Waals surface area (Å²) in [5.74, 6) is 0. The Bertz CT molecular complexity index is 421. The van der Waals surface area contributed by atoms with E-state index in [0.29, 0.717) is 0 Å². The van der Waals surface area contributed by atoms with E-state index < -0.39 is 23.4 Å². The maximum absolute atomic E-state index is 12.2. The van der Waals surface area contributed by atoms with E-state index in [1.807, 2.05) is 0 Å². The second kappa shape index (κ2) is 4.83. The van der Waals surface area contributed by atoms with Gasteiger partial charge in [0.2, 0.25) is 0 Å². The first-order chi connectivity index (χ1) is 8.08. The summed E-state index contributed by atoms with van der Waals surface area (Å²) >= 11 is 0. The summed E-state index contributed by atoms with van der Waals surface area (Å²) < 4.78 is 36.7. The largest absolute Gasteiger partial charge is 0.433 e. The Morgan fingerprint density at radius 1 is 1.22 bits per heavy atom. The normalized spacial score (nSPS) is 12.1. The number of nitrogens with one attached hydrogen (secondary N) is 2. The molecule has 0 aliphatic carbocycles. The Hall–Kier alpha value is -1.79. The fraction of sp³-hybridized carbons (Fsp3) is 0.455. The van der Waals surface area contributed by atoms with Gasteiger partial charge in [-0.2, -0.15) is 13.2 Å². The first-order valence-corrected chi connectivity index (χ1v) is 5.20. The fourth-order valence-electron chi connectivity index (χ4n) is 1.14. The van der Waals surface area contributed by atoms with Crippen molar-refractivity contribution in [3.05, 3.63) is 24.0 Å². The Labute approximate surface area is 103 Å². The lowest BCUT2D eigenvalue weighted by Gasteiger charge is -2.20. The van der Waals surface area contributed by atoms with Crippen LogP contribution in [0.3, 0.4) is 0 Å². The van der Waals surface area contributed by atoms with Crippen LogP contribution in [0.1, 0.15) is 26.5 Å². The van der Waals surface area contributed by atoms with Crippen LogP contribution >= 0.6 is 0 Å². The molecule has 100 valence electrons. The number of carbonyl (C=O) groups excluding carboxylic acids is 1. The molecule has 2 amide bonds. The SMILES string of the molecule is CC(C)(C)NC(=O)Nc1ccc(C(F)(F)F)nc1. The molecule has 1 aromatic heterocycles. The minimum absolute atomic E-state index is 0.199. The molecule has 0 radical (unpaired) electrons. The molecule has 1 rings (SSSR count). The second-order valence-corrected chi connectivity index (χ2v) is 4.76. The van der Waals surface area contributed by atoms with Crippen molar-refractivity contribution in [3.63, 3.8) is 0 Å². The molecule has 0 saturated heterocycles. The number of aromatic nitrogens is 1. The van der Waals surface area contributed by atoms with Crippen molar-refractivity contribution in [2.24, 2.45) is 0 Å². The second-order valence-electron chi connectivity index (χ2n) is 4.76. The van der Waals surface area contributed by atoms with Gasteiger partial charge in [0, 0.05) is 5.54 Å². The molecule has 0 unspecified atom stereocenters. The smallest absolute Gasteiger partial charge is 0.333 e. The van der Waals surface area contributed by atoms with E-state index in [4.69, 9.17) is 0 Å². The first-order valence-electron chi connectivity index (χ1n) is 5.20. The molecule has 0 aliphatic rings. The highest BCUT2D eigenvalue weighted by Crippen LogP contribution is 2.27. The average Bonchev–Trinajstić information content (AvgIpc) is 2.13. The van der Waals surface area contributed by atoms with Crippen molar-refractivity contribution in [1.82, 2.24) is 10.3 Å². The maximum Gasteiger partial charge on any atom is 0.433 e. The Balaban J connectivity index is 2.67. The van der Waals surface area contributed by atoms with E-state index in [-0.39, 0.29) is 5.69 Å². The van der Waals surface area contributed by atoms with Gasteiger partial charge < -0.3 is 10.6 Å². The average molecular weight is 261 g/mol. The first kappa shape index (κ1) is 14.3. The van der Waals surface area contributed by atoms with E-state index >= 15 is 0 Å². The number of pyridine rings is 1. The van der Waals surface area contributed by atoms with Gasteiger partial charge in [-0.1, -0.05) is 0 Å². The molecule has 4 nitrogen and oxygen atoms in total. The van der Waals surface area contributed by atoms with Crippen LogP contribution in [0.4, 0.5) is 23.7 Å². The predicted octanol–water partition coefficient (Wildman–Crippen LogP) is 3.02. The van der Waals surface area contributed by atoms with Crippen molar-refractivity contribution in [2.75, 3.05) is 5.32 Å². The number of nitrogens with zero attached hydrogens (tertiary/aromatic N) is 1. The number of hydrogen-bond acceptors (Lipinski definition) is 2. The number of hydrogen-bond donors (Lipinski definition) is 2. The van der Waals surface area contributed by atoms with E-state index in [1.165, 1.54) is 0 Å². The van der Waals surface area contributed by atoms with E-state index in [2.05, 4.69) is 15.6 Å². The molecule has 0 bridgehead atoms. The summed E-state index contributed by atoms with van der Waals surface area (Å²) in [4.78, 5) is 14.7. The van der Waals surface area contributed by atoms with Crippen molar-refractivity contribution < 1.29 is 18.0 Å². The van der Waals surface area contributed by atoms with Crippen LogP contribution in [0, 0.1) is 0 Å². The van der Waals surface area contributed by atoms with E-state index in [0.717, 1.165) is 18.3 Å². The molecule has 0 aliphatic heterocycles. The highest BCUT2D eigenvalue weighted by atomic mass is 19.4. The van der Waals surface area contributed by atoms with Crippen LogP contribution < -0.4 is 10.6 Å². The van der Waals surface area contributed by atoms with Crippen molar-refractivity contribution in [2.45, 2.75) is 32.5 Å². The van der Waals surface area contributed by atoms with Crippen LogP contribution in [0.15, 0.2) is 18.3 Å². The van der Waals surface area contributed by atoms with Crippen molar-refractivity contribution >= 4 is 11.7 Å². The molecule has 0 saturated carbocycles. The lowest BCUT2D eigenvalue weighted by Crippen LogP contribution is -2.43. The number of anilines is 1. The third-order valence-electron chi connectivity index (χ3n) is 1.80. The molecule has 7 heteroatoms. The minimum Gasteiger partial charge on any atom is -0.333 e. The van der Waals surface area contributed by atoms with Crippen molar-refractivity contribution in [3.8, 4) is 0 Å². The lowest BCUT2D eigenvalue weighted by molar-refractivity contribution is -0.141. The number of rotatable bonds is 1. The molecule has 18 heavy (non-hydrogen) atoms. The molecular formula is C11H14F3N3O. The topological polar surface area (TPSA) is 54.0 Å². The van der Waals surface area contributed by atoms with Crippen LogP contribution in [-0.2, 0) is 6.18 Å². The number of alkyl halides is 3. The molecule has 0 aromatic carbocycles. The van der Waals surface area contributed by atoms with Gasteiger partial charge in [0.1, 0.15) is 5.69 Å². The van der Waals surface area contributed by atoms with Gasteiger partial charge in [-0.25, -0.2) is 9.78 Å². The zero-order valence-electron chi connectivity index (χ0n) is 10.2. The fourth-order valence-corrected chi connectivity index (χ4v) is 1.14. The third kappa shape index (κ3) is 4.60. The van der Waals surface area contributed by atoms with Crippen molar-refractivity contribution in [1.29, 1.82) is 0 Å². The monoisotopic (exact) mass is 261 g/mol. The van der Waals surface area contributed by atoms with Crippen LogP contribution in [0.25, 0.3) is 0 Å². The quantitative estimate of drug-likeness (QED) is 0.816. The molecule has 2 N–H and O–H groups in total. The summed E-state index contributed by atoms with van der Waals surface area (Å²) in [6.45, 7) is 5.37. The van der Waals surface area contributed by atoms with Gasteiger partial charge >= 0.3 is 12.2 Å². The zero-order valence-corrected chi connectivity index (χ0v) is 10.2. The standard InChI is InChI=1S/C11H14F3N3O/c1-10(2,3)17-9(18)16-7-4-5-8(15-6-7)11(12,13)14/h4-6H,1-3H3,(H2,16,17,18). The van der Waals surface area contributed by atoms with Gasteiger partial charge in [0.15, 0.2) is 0 Å². The van der Waals surface area contributed by atoms with Gasteiger partial charge in [-0.3, -0.25) is 0 Å². The predicted molar refractivity (Wildman–Crippen MR) is 61.1 cm³/mol. The van der Waals surface area contributed by atoms with Gasteiger partial charge in [-0.05, 0) is 32.9 Å². The molecule has 0 spiro atoms. The number of amides is 2. The summed E-state index contributed by atoms with van der Waals surface area (Å²) in [6, 6.07) is 1.47. The maximum atomic E-state index is 12.2. The molecule has 1 heterocycles. The highest BCUT2D eigenvalue weighted by Gasteiger charge is 2.32. The Morgan fingerprint density at radius 3 is 2.22 bits per heavy atom. The number of carbonyl (C=O) groups is 1. The van der Waals surface area contributed by atoms with Gasteiger partial charge in [0.05, 0.1) is 11.9 Å². The van der Waals surface area contributed by atoms with Gasteiger partial charge in [-0.15, -0.1) is 0 Å². The summed E-state index contributed by atoms with van der Waals surface area (Å²) in [5, 5.41) is 5.01. The van der Waals surface area contributed by atoms with Crippen LogP contribution in [0.5, 0.6) is 0 Å². The lowest BCUT2D eigenvalue weighted by atomic mass is 10.1. The minimum atomic E-state index is -4.48.